The molecule has 1 heterocycles. The van der Waals surface area contributed by atoms with Crippen LogP contribution in [0.2, 0.25) is 0 Å². The second-order valence-corrected chi connectivity index (χ2v) is 6.71. The van der Waals surface area contributed by atoms with Gasteiger partial charge in [-0.3, -0.25) is 4.57 Å². The molecule has 0 aliphatic rings. The predicted octanol–water partition coefficient (Wildman–Crippen LogP) is 5.38. The standard InChI is InChI=1S/C21H17BrN2O2/c1-25-17-11-9-16(10-12-17)24-20-8-3-2-7-19(20)23-21(24)14-26-18-6-4-5-15(22)13-18/h2-13H,14H2,1H3. The largest absolute Gasteiger partial charge is 0.497 e. The molecule has 0 unspecified atom stereocenters. The summed E-state index contributed by atoms with van der Waals surface area (Å²) in [4.78, 5) is 4.76. The molecule has 4 aromatic rings. The van der Waals surface area contributed by atoms with Crippen LogP contribution < -0.4 is 9.47 Å². The van der Waals surface area contributed by atoms with E-state index in [4.69, 9.17) is 14.5 Å². The normalized spacial score (nSPS) is 10.8. The van der Waals surface area contributed by atoms with E-state index in [0.717, 1.165) is 38.5 Å². The van der Waals surface area contributed by atoms with Gasteiger partial charge in [0.1, 0.15) is 18.1 Å². The maximum atomic E-state index is 5.97. The molecule has 0 saturated carbocycles. The first-order chi connectivity index (χ1) is 12.7. The molecule has 0 N–H and O–H groups in total. The summed E-state index contributed by atoms with van der Waals surface area (Å²) in [5, 5.41) is 0. The summed E-state index contributed by atoms with van der Waals surface area (Å²) in [6.45, 7) is 0.372. The van der Waals surface area contributed by atoms with Crippen LogP contribution in [0.3, 0.4) is 0 Å². The minimum Gasteiger partial charge on any atom is -0.497 e. The predicted molar refractivity (Wildman–Crippen MR) is 106 cm³/mol. The Kier molecular flexibility index (Phi) is 4.63. The van der Waals surface area contributed by atoms with Gasteiger partial charge >= 0.3 is 0 Å². The van der Waals surface area contributed by atoms with E-state index in [2.05, 4.69) is 26.6 Å². The number of ether oxygens (including phenoxy) is 2. The third-order valence-corrected chi connectivity index (χ3v) is 4.62. The number of fused-ring (bicyclic) bond motifs is 1. The van der Waals surface area contributed by atoms with Crippen LogP contribution in [0.4, 0.5) is 0 Å². The molecule has 0 spiro atoms. The molecule has 0 aliphatic heterocycles. The number of hydrogen-bond donors (Lipinski definition) is 0. The van der Waals surface area contributed by atoms with Gasteiger partial charge in [-0.05, 0) is 54.6 Å². The average Bonchev–Trinajstić information content (AvgIpc) is 3.05. The number of para-hydroxylation sites is 2. The molecule has 26 heavy (non-hydrogen) atoms. The van der Waals surface area contributed by atoms with Crippen molar-refractivity contribution in [2.75, 3.05) is 7.11 Å². The number of aromatic nitrogens is 2. The minimum absolute atomic E-state index is 0.372. The van der Waals surface area contributed by atoms with Crippen molar-refractivity contribution < 1.29 is 9.47 Å². The van der Waals surface area contributed by atoms with Gasteiger partial charge in [-0.15, -0.1) is 0 Å². The van der Waals surface area contributed by atoms with E-state index in [-0.39, 0.29) is 0 Å². The van der Waals surface area contributed by atoms with Gasteiger partial charge < -0.3 is 9.47 Å². The molecule has 0 atom stereocenters. The van der Waals surface area contributed by atoms with Crippen LogP contribution in [0.25, 0.3) is 16.7 Å². The van der Waals surface area contributed by atoms with Gasteiger partial charge in [-0.2, -0.15) is 0 Å². The van der Waals surface area contributed by atoms with Gasteiger partial charge in [0.2, 0.25) is 0 Å². The highest BCUT2D eigenvalue weighted by Gasteiger charge is 2.13. The molecule has 0 bridgehead atoms. The number of methoxy groups -OCH3 is 1. The van der Waals surface area contributed by atoms with Gasteiger partial charge in [0.25, 0.3) is 0 Å². The molecule has 130 valence electrons. The molecule has 0 amide bonds. The minimum atomic E-state index is 0.372. The zero-order chi connectivity index (χ0) is 17.9. The number of nitrogens with zero attached hydrogens (tertiary/aromatic N) is 2. The molecule has 1 aromatic heterocycles. The summed E-state index contributed by atoms with van der Waals surface area (Å²) in [7, 11) is 1.67. The van der Waals surface area contributed by atoms with Gasteiger partial charge in [0.05, 0.1) is 18.1 Å². The number of benzene rings is 3. The lowest BCUT2D eigenvalue weighted by Crippen LogP contribution is -2.05. The summed E-state index contributed by atoms with van der Waals surface area (Å²) >= 11 is 3.47. The Morgan fingerprint density at radius 1 is 0.923 bits per heavy atom. The molecular weight excluding hydrogens is 392 g/mol. The third-order valence-electron chi connectivity index (χ3n) is 4.12. The summed E-state index contributed by atoms with van der Waals surface area (Å²) < 4.78 is 14.3. The molecule has 4 nitrogen and oxygen atoms in total. The highest BCUT2D eigenvalue weighted by atomic mass is 79.9. The van der Waals surface area contributed by atoms with E-state index in [9.17, 15) is 0 Å². The van der Waals surface area contributed by atoms with Crippen molar-refractivity contribution in [2.24, 2.45) is 0 Å². The van der Waals surface area contributed by atoms with Crippen LogP contribution in [0, 0.1) is 0 Å². The fourth-order valence-electron chi connectivity index (χ4n) is 2.90. The van der Waals surface area contributed by atoms with Crippen molar-refractivity contribution in [3.63, 3.8) is 0 Å². The smallest absolute Gasteiger partial charge is 0.152 e. The van der Waals surface area contributed by atoms with E-state index in [1.165, 1.54) is 0 Å². The number of imidazole rings is 1. The quantitative estimate of drug-likeness (QED) is 0.444. The number of rotatable bonds is 5. The lowest BCUT2D eigenvalue weighted by molar-refractivity contribution is 0.294. The second-order valence-electron chi connectivity index (χ2n) is 5.80. The number of halogens is 1. The number of hydrogen-bond acceptors (Lipinski definition) is 3. The van der Waals surface area contributed by atoms with E-state index >= 15 is 0 Å². The van der Waals surface area contributed by atoms with Crippen molar-refractivity contribution in [1.82, 2.24) is 9.55 Å². The fourth-order valence-corrected chi connectivity index (χ4v) is 3.27. The second kappa shape index (κ2) is 7.22. The molecule has 0 fully saturated rings. The lowest BCUT2D eigenvalue weighted by Gasteiger charge is -2.11. The lowest BCUT2D eigenvalue weighted by atomic mass is 10.2. The van der Waals surface area contributed by atoms with Crippen LogP contribution in [-0.2, 0) is 6.61 Å². The van der Waals surface area contributed by atoms with Crippen molar-refractivity contribution >= 4 is 27.0 Å². The Morgan fingerprint density at radius 2 is 1.73 bits per heavy atom. The van der Waals surface area contributed by atoms with Crippen molar-refractivity contribution in [3.8, 4) is 17.2 Å². The Bertz CT molecular complexity index is 1040. The molecule has 4 rings (SSSR count). The van der Waals surface area contributed by atoms with Crippen molar-refractivity contribution in [1.29, 1.82) is 0 Å². The van der Waals surface area contributed by atoms with Crippen LogP contribution >= 0.6 is 15.9 Å². The molecule has 3 aromatic carbocycles. The van der Waals surface area contributed by atoms with E-state index < -0.39 is 0 Å². The Labute approximate surface area is 160 Å². The molecule has 0 saturated heterocycles. The Morgan fingerprint density at radius 3 is 2.50 bits per heavy atom. The zero-order valence-electron chi connectivity index (χ0n) is 14.2. The highest BCUT2D eigenvalue weighted by Crippen LogP contribution is 2.25. The van der Waals surface area contributed by atoms with E-state index in [0.29, 0.717) is 6.61 Å². The van der Waals surface area contributed by atoms with Gasteiger partial charge in [0, 0.05) is 10.2 Å². The average molecular weight is 409 g/mol. The summed E-state index contributed by atoms with van der Waals surface area (Å²) in [6, 6.07) is 23.8. The van der Waals surface area contributed by atoms with Gasteiger partial charge in [-0.25, -0.2) is 4.98 Å². The summed E-state index contributed by atoms with van der Waals surface area (Å²) in [6.07, 6.45) is 0. The molecule has 0 radical (unpaired) electrons. The van der Waals surface area contributed by atoms with Crippen LogP contribution in [0.15, 0.2) is 77.3 Å². The Hall–Kier alpha value is -2.79. The van der Waals surface area contributed by atoms with Crippen molar-refractivity contribution in [2.45, 2.75) is 6.61 Å². The maximum Gasteiger partial charge on any atom is 0.152 e. The first kappa shape index (κ1) is 16.7. The first-order valence-electron chi connectivity index (χ1n) is 8.24. The Balaban J connectivity index is 1.73. The highest BCUT2D eigenvalue weighted by molar-refractivity contribution is 9.10. The van der Waals surface area contributed by atoms with Crippen LogP contribution in [0.1, 0.15) is 5.82 Å². The van der Waals surface area contributed by atoms with Crippen LogP contribution in [-0.4, -0.2) is 16.7 Å². The van der Waals surface area contributed by atoms with Gasteiger partial charge in [-0.1, -0.05) is 34.1 Å². The molecular formula is C21H17BrN2O2. The zero-order valence-corrected chi connectivity index (χ0v) is 15.8. The first-order valence-corrected chi connectivity index (χ1v) is 9.03. The van der Waals surface area contributed by atoms with E-state index in [1.807, 2.05) is 66.7 Å². The summed E-state index contributed by atoms with van der Waals surface area (Å²) in [5.41, 5.74) is 3.01. The molecule has 0 aliphatic carbocycles. The topological polar surface area (TPSA) is 36.3 Å². The SMILES string of the molecule is COc1ccc(-n2c(COc3cccc(Br)c3)nc3ccccc32)cc1. The monoisotopic (exact) mass is 408 g/mol. The molecule has 5 heteroatoms. The van der Waals surface area contributed by atoms with Crippen molar-refractivity contribution in [3.05, 3.63) is 83.1 Å². The maximum absolute atomic E-state index is 5.97. The van der Waals surface area contributed by atoms with Gasteiger partial charge in [0.15, 0.2) is 5.82 Å². The summed E-state index contributed by atoms with van der Waals surface area (Å²) in [5.74, 6) is 2.47. The third kappa shape index (κ3) is 3.30. The fraction of sp³-hybridized carbons (Fsp3) is 0.0952. The van der Waals surface area contributed by atoms with E-state index in [1.54, 1.807) is 7.11 Å². The van der Waals surface area contributed by atoms with Crippen LogP contribution in [0.5, 0.6) is 11.5 Å².